The van der Waals surface area contributed by atoms with Crippen LogP contribution in [-0.2, 0) is 73.6 Å². The zero-order valence-corrected chi connectivity index (χ0v) is 65.5. The molecule has 0 unspecified atom stereocenters. The molecule has 29 nitrogen and oxygen atoms in total. The summed E-state index contributed by atoms with van der Waals surface area (Å²) in [6, 6.07) is 27.7. The van der Waals surface area contributed by atoms with E-state index in [0.717, 1.165) is 5.56 Å². The molecule has 30 heteroatoms. The number of nitrogens with one attached hydrogen (secondary N) is 1. The van der Waals surface area contributed by atoms with Gasteiger partial charge in [-0.1, -0.05) is 78.0 Å². The average molecular weight is 1630 g/mol. The number of primary amides is 3. The van der Waals surface area contributed by atoms with Crippen molar-refractivity contribution in [2.24, 2.45) is 52.7 Å². The number of likely N-dealkylation sites (N-methyl/N-ethyl adjacent to an activating group) is 3. The lowest BCUT2D eigenvalue weighted by Crippen LogP contribution is -2.65. The van der Waals surface area contributed by atoms with Crippen LogP contribution in [0.5, 0.6) is 17.2 Å². The van der Waals surface area contributed by atoms with Gasteiger partial charge in [-0.3, -0.25) is 62.6 Å². The normalized spacial score (nSPS) is 25.6. The lowest BCUT2D eigenvalue weighted by molar-refractivity contribution is -0.155. The largest absolute Gasteiger partial charge is 0.508 e. The van der Waals surface area contributed by atoms with Gasteiger partial charge in [0.2, 0.25) is 23.3 Å². The van der Waals surface area contributed by atoms with E-state index in [0.29, 0.717) is 51.1 Å². The van der Waals surface area contributed by atoms with Gasteiger partial charge in [0.15, 0.2) is 34.2 Å². The van der Waals surface area contributed by atoms with Crippen LogP contribution >= 0.6 is 0 Å². The number of aliphatic hydroxyl groups is 9. The fourth-order valence-electron chi connectivity index (χ4n) is 18.6. The number of ketones is 6. The van der Waals surface area contributed by atoms with Gasteiger partial charge in [-0.05, 0) is 194 Å². The van der Waals surface area contributed by atoms with Gasteiger partial charge in [-0.15, -0.1) is 0 Å². The number of phenolic OH excluding ortho intramolecular Hbond substituents is 3. The lowest BCUT2D eigenvalue weighted by atomic mass is 9.57. The smallest absolute Gasteiger partial charge is 0.255 e. The van der Waals surface area contributed by atoms with E-state index in [4.69, 9.17) is 17.2 Å². The highest BCUT2D eigenvalue weighted by atomic mass is 19.1. The van der Waals surface area contributed by atoms with Crippen molar-refractivity contribution in [1.29, 1.82) is 0 Å². The standard InChI is InChI=1S/C31H29N3O8.C30H28N2O7.C29H25FN2O7/c1-14(35)33-18-9-5-15(6-10-18)4-7-16-8-11-21(36)23-19(16)12-17-13-20-25(34(2)3)27(38)24(30(32)41)29(40)31(20,42)28(39)22(17)26(23)37;1-32(2)24-19-14-17-13-18-16(10-6-9-15-7-4-3-5-8-15)11-12-20(33)22(18)25(34)21(17)27(36)30(19,39)28(37)23(26(24)35)29(31)38;1-32(2)23-17-12-15-11-16-13(7-8-14-5-3-4-6-18(14)30)9-10-19(33)21(16)24(34)20(15)26(36)29(17,39)27(37)22(25(23)35)28(31)38/h5-6,8-11,17,20,25,36-37,40,42H,12-13H2,1-3H3,(H2,32,41)(H,33,35);3-5,7-8,11-12,17,19,24,33-34,37,39H,9,13-14H2,1-2H3,(H2,31,38);3-6,9-10,15,17,23,33-34,37,39H,11-12H2,1-2H3,(H2,31,38)/t17-,20-,25-,31-;17-,19-,24-,30-;15-,17-,23-,29-/m000/s1. The fraction of sp³-hybridized carbons (Fsp3) is 0.289. The second-order valence-electron chi connectivity index (χ2n) is 31.5. The molecule has 19 N–H and O–H groups in total. The zero-order valence-electron chi connectivity index (χ0n) is 65.5. The van der Waals surface area contributed by atoms with Gasteiger partial charge in [0.1, 0.15) is 74.3 Å². The maximum atomic E-state index is 14.1. The number of halogens is 1. The van der Waals surface area contributed by atoms with E-state index < -0.39 is 180 Å². The maximum Gasteiger partial charge on any atom is 0.255 e. The first-order chi connectivity index (χ1) is 56.6. The van der Waals surface area contributed by atoms with Crippen LogP contribution in [0.15, 0.2) is 166 Å². The van der Waals surface area contributed by atoms with Crippen LogP contribution in [0.4, 0.5) is 10.1 Å². The topological polar surface area (TPSA) is 513 Å². The quantitative estimate of drug-likeness (QED) is 0.0742. The molecule has 616 valence electrons. The predicted molar refractivity (Wildman–Crippen MR) is 429 cm³/mol. The summed E-state index contributed by atoms with van der Waals surface area (Å²) < 4.78 is 14.1. The molecule has 9 aliphatic carbocycles. The van der Waals surface area contributed by atoms with Crippen LogP contribution in [0.2, 0.25) is 0 Å². The molecule has 0 aromatic heterocycles. The third kappa shape index (κ3) is 13.7. The van der Waals surface area contributed by atoms with Gasteiger partial charge in [-0.2, -0.15) is 0 Å². The molecular weight excluding hydrogens is 1550 g/mol. The van der Waals surface area contributed by atoms with E-state index >= 15 is 0 Å². The summed E-state index contributed by atoms with van der Waals surface area (Å²) >= 11 is 0. The number of Topliss-reactive ketones (excluding diaryl/α,β-unsaturated/α-hetero) is 6. The summed E-state index contributed by atoms with van der Waals surface area (Å²) in [5.41, 5.74) is 9.94. The Kier molecular flexibility index (Phi) is 22.2. The van der Waals surface area contributed by atoms with Gasteiger partial charge in [-0.25, -0.2) is 4.39 Å². The van der Waals surface area contributed by atoms with Crippen molar-refractivity contribution in [3.63, 3.8) is 0 Å². The van der Waals surface area contributed by atoms with Gasteiger partial charge in [0, 0.05) is 75.8 Å². The SMILES string of the molecule is CC(=O)Nc1ccc(C#Cc2ccc(O)c3c2C[C@H]2C[C@H]4[C@H](N(C)C)C(=O)C(C(N)=O)=C(O)[C@@]4(O)C(=O)C2=C3O)cc1.CN(C)[C@@H]1C(=O)C(C(N)=O)=C(O)[C@@]2(O)C(=O)C3=C(O)c4c(O)ccc(C#CCc5ccccc5)c4C[C@H]3C[C@@H]12.CN(C)[C@@H]1C(=O)C(C(N)=O)=C(O)[C@@]2(O)C(=O)C3=C(O)c4c(O)ccc(C#Cc5ccccc5F)c4C[C@H]3C[C@@H]12. The molecule has 0 saturated heterocycles. The van der Waals surface area contributed by atoms with Crippen molar-refractivity contribution in [2.45, 2.75) is 86.8 Å². The number of nitrogens with zero attached hydrogens (tertiary/aromatic N) is 3. The second kappa shape index (κ2) is 31.6. The van der Waals surface area contributed by atoms with Crippen molar-refractivity contribution >= 4 is 81.3 Å². The predicted octanol–water partition coefficient (Wildman–Crippen LogP) is 4.38. The molecule has 9 aliphatic rings. The second-order valence-corrected chi connectivity index (χ2v) is 31.5. The molecule has 3 saturated carbocycles. The van der Waals surface area contributed by atoms with Crippen molar-refractivity contribution in [1.82, 2.24) is 14.7 Å². The summed E-state index contributed by atoms with van der Waals surface area (Å²) in [6.45, 7) is 1.40. The van der Waals surface area contributed by atoms with Crippen molar-refractivity contribution in [3.8, 4) is 52.8 Å². The molecule has 0 spiro atoms. The van der Waals surface area contributed by atoms with Gasteiger partial charge in [0.05, 0.1) is 40.4 Å². The van der Waals surface area contributed by atoms with Crippen LogP contribution < -0.4 is 22.5 Å². The number of phenols is 3. The first kappa shape index (κ1) is 84.2. The minimum absolute atomic E-state index is 0.0150. The summed E-state index contributed by atoms with van der Waals surface area (Å²) in [7, 11) is 9.27. The Bertz CT molecular complexity index is 5980. The molecular formula is C90H82FN7O22. The highest BCUT2D eigenvalue weighted by Gasteiger charge is 2.68. The molecule has 0 bridgehead atoms. The summed E-state index contributed by atoms with van der Waals surface area (Å²) in [6.07, 6.45) is 0.872. The number of hydrogen-bond donors (Lipinski definition) is 16. The number of carbonyl (C=O) groups excluding carboxylic acids is 10. The number of nitrogens with two attached hydrogens (primary N) is 3. The number of carbonyl (C=O) groups is 10. The molecule has 0 radical (unpaired) electrons. The molecule has 0 aliphatic heterocycles. The van der Waals surface area contributed by atoms with E-state index in [1.807, 2.05) is 30.3 Å². The van der Waals surface area contributed by atoms with Crippen LogP contribution in [0.25, 0.3) is 17.3 Å². The number of benzene rings is 6. The van der Waals surface area contributed by atoms with Crippen molar-refractivity contribution in [3.05, 3.63) is 239 Å². The molecule has 6 aromatic carbocycles. The highest BCUT2D eigenvalue weighted by Crippen LogP contribution is 2.57. The Morgan fingerprint density at radius 2 is 0.758 bits per heavy atom. The first-order valence-corrected chi connectivity index (χ1v) is 37.8. The average Bonchev–Trinajstić information content (AvgIpc) is 0.708. The maximum absolute atomic E-state index is 14.1. The van der Waals surface area contributed by atoms with E-state index in [2.05, 4.69) is 40.8 Å². The number of rotatable bonds is 8. The minimum atomic E-state index is -2.71. The van der Waals surface area contributed by atoms with Crippen molar-refractivity contribution in [2.75, 3.05) is 47.6 Å². The molecule has 12 atom stereocenters. The van der Waals surface area contributed by atoms with E-state index in [-0.39, 0.29) is 101 Å². The Balaban J connectivity index is 0.000000156. The van der Waals surface area contributed by atoms with E-state index in [9.17, 15) is 114 Å². The Hall–Kier alpha value is -13.8. The number of anilines is 1. The fourth-order valence-corrected chi connectivity index (χ4v) is 18.6. The molecule has 3 fully saturated rings. The van der Waals surface area contributed by atoms with Crippen LogP contribution in [0.3, 0.4) is 0 Å². The van der Waals surface area contributed by atoms with Gasteiger partial charge < -0.3 is 83.8 Å². The van der Waals surface area contributed by atoms with E-state index in [1.54, 1.807) is 70.7 Å². The summed E-state index contributed by atoms with van der Waals surface area (Å²) in [5, 5.41) is 136. The van der Waals surface area contributed by atoms with Gasteiger partial charge in [0.25, 0.3) is 17.7 Å². The Labute approximate surface area is 684 Å². The van der Waals surface area contributed by atoms with Crippen LogP contribution in [0, 0.1) is 76.8 Å². The molecule has 6 aromatic rings. The zero-order chi connectivity index (χ0) is 87.3. The number of aliphatic hydroxyl groups excluding tert-OH is 6. The van der Waals surface area contributed by atoms with E-state index in [1.165, 1.54) is 78.2 Å². The van der Waals surface area contributed by atoms with Crippen molar-refractivity contribution < 1.29 is 114 Å². The molecule has 4 amide bonds. The number of amides is 4. The first-order valence-electron chi connectivity index (χ1n) is 37.8. The minimum Gasteiger partial charge on any atom is -0.508 e. The number of fused-ring (bicyclic) bond motifs is 9. The third-order valence-corrected chi connectivity index (χ3v) is 23.9. The monoisotopic (exact) mass is 1630 g/mol. The summed E-state index contributed by atoms with van der Waals surface area (Å²) in [4.78, 5) is 133. The Morgan fingerprint density at radius 3 is 1.09 bits per heavy atom. The highest BCUT2D eigenvalue weighted by molar-refractivity contribution is 6.27. The molecule has 0 heterocycles. The van der Waals surface area contributed by atoms with Crippen LogP contribution in [0.1, 0.15) is 92.9 Å². The number of hydrogen-bond acceptors (Lipinski definition) is 25. The Morgan fingerprint density at radius 1 is 0.433 bits per heavy atom. The summed E-state index contributed by atoms with van der Waals surface area (Å²) in [5.74, 6) is -3.87. The third-order valence-electron chi connectivity index (χ3n) is 23.9. The number of aromatic hydroxyl groups is 3. The molecule has 15 rings (SSSR count). The van der Waals surface area contributed by atoms with Crippen LogP contribution in [-0.4, -0.2) is 212 Å². The molecule has 120 heavy (non-hydrogen) atoms. The lowest BCUT2D eigenvalue weighted by Gasteiger charge is -2.50. The van der Waals surface area contributed by atoms with Gasteiger partial charge >= 0.3 is 0 Å².